The van der Waals surface area contributed by atoms with E-state index >= 15 is 0 Å². The van der Waals surface area contributed by atoms with Crippen molar-refractivity contribution in [2.75, 3.05) is 13.1 Å². The summed E-state index contributed by atoms with van der Waals surface area (Å²) in [7, 11) is 0. The fourth-order valence-corrected chi connectivity index (χ4v) is 4.59. The van der Waals surface area contributed by atoms with Crippen LogP contribution in [0.2, 0.25) is 0 Å². The van der Waals surface area contributed by atoms with Gasteiger partial charge in [-0.1, -0.05) is 0 Å². The first kappa shape index (κ1) is 54.7. The van der Waals surface area contributed by atoms with Crippen molar-refractivity contribution < 1.29 is 150 Å². The molecule has 1 rings (SSSR count). The number of hydrogen-bond donors (Lipinski definition) is 0. The van der Waals surface area contributed by atoms with Gasteiger partial charge in [0, 0.05) is 25.2 Å². The van der Waals surface area contributed by atoms with E-state index in [9.17, 15) is 150 Å². The van der Waals surface area contributed by atoms with Crippen LogP contribution in [-0.4, -0.2) is 143 Å². The van der Waals surface area contributed by atoms with Gasteiger partial charge in [0.25, 0.3) is 11.8 Å². The molecule has 1 aliphatic heterocycles. The van der Waals surface area contributed by atoms with E-state index in [1.807, 2.05) is 0 Å². The summed E-state index contributed by atoms with van der Waals surface area (Å²) in [5.74, 6) is -128. The fraction of sp³-hybridized carbons (Fsp3) is 0.917. The summed E-state index contributed by atoms with van der Waals surface area (Å²) in [6.45, 7) is -5.18. The normalized spacial score (nSPS) is 20.1. The number of piperazine rings is 1. The molecule has 0 saturated carbocycles. The average molecular weight is 970 g/mol. The molecule has 0 aromatic heterocycles. The van der Waals surface area contributed by atoms with E-state index in [4.69, 9.17) is 0 Å². The van der Waals surface area contributed by atoms with Crippen molar-refractivity contribution in [3.05, 3.63) is 0 Å². The van der Waals surface area contributed by atoms with Gasteiger partial charge in [-0.2, -0.15) is 123 Å². The number of nitrogens with zero attached hydrogens (tertiary/aromatic N) is 2. The molecule has 4 nitrogen and oxygen atoms in total. The average Bonchev–Trinajstić information content (AvgIpc) is 3.06. The Bertz CT molecular complexity index is 1490. The zero-order chi connectivity index (χ0) is 49.0. The number of rotatable bonds is 16. The first-order valence-electron chi connectivity index (χ1n) is 14.2. The molecule has 1 aliphatic rings. The van der Waals surface area contributed by atoms with Gasteiger partial charge in [-0.3, -0.25) is 9.59 Å². The Kier molecular flexibility index (Phi) is 13.3. The Balaban J connectivity index is 3.67. The van der Waals surface area contributed by atoms with E-state index in [0.717, 1.165) is 0 Å². The predicted molar refractivity (Wildman–Crippen MR) is 124 cm³/mol. The Morgan fingerprint density at radius 3 is 0.700 bits per heavy atom. The number of amides is 2. The molecule has 0 N–H and O–H groups in total. The van der Waals surface area contributed by atoms with Gasteiger partial charge < -0.3 is 9.80 Å². The van der Waals surface area contributed by atoms with Gasteiger partial charge in [0.2, 0.25) is 0 Å². The van der Waals surface area contributed by atoms with Crippen LogP contribution in [0.1, 0.15) is 13.8 Å². The minimum Gasteiger partial charge on any atom is -0.331 e. The third-order valence-electron chi connectivity index (χ3n) is 8.37. The van der Waals surface area contributed by atoms with E-state index in [2.05, 4.69) is 0 Å². The molecular formula is C24H14F32N2O2. The number of halogens is 32. The van der Waals surface area contributed by atoms with E-state index < -0.39 is 143 Å². The maximum atomic E-state index is 14.6. The predicted octanol–water partition coefficient (Wildman–Crippen LogP) is 9.86. The lowest BCUT2D eigenvalue weighted by molar-refractivity contribution is -0.444. The molecule has 0 aromatic rings. The molecule has 2 atom stereocenters. The van der Waals surface area contributed by atoms with Crippen LogP contribution in [-0.2, 0) is 9.59 Å². The minimum absolute atomic E-state index is 0.142. The highest BCUT2D eigenvalue weighted by Crippen LogP contribution is 2.65. The highest BCUT2D eigenvalue weighted by Gasteiger charge is 2.96. The molecule has 0 radical (unpaired) electrons. The molecule has 1 saturated heterocycles. The van der Waals surface area contributed by atoms with Gasteiger partial charge in [-0.15, -0.1) is 0 Å². The maximum Gasteiger partial charge on any atom is 0.392 e. The van der Waals surface area contributed by atoms with E-state index in [-0.39, 0.29) is 13.8 Å². The van der Waals surface area contributed by atoms with Gasteiger partial charge in [0.15, 0.2) is 0 Å². The Hall–Kier alpha value is -3.30. The molecule has 0 aromatic carbocycles. The summed E-state index contributed by atoms with van der Waals surface area (Å²) in [4.78, 5) is 22.0. The second-order valence-electron chi connectivity index (χ2n) is 12.4. The van der Waals surface area contributed by atoms with Crippen molar-refractivity contribution in [2.24, 2.45) is 0 Å². The molecule has 0 aliphatic carbocycles. The molecule has 1 fully saturated rings. The largest absolute Gasteiger partial charge is 0.392 e. The van der Waals surface area contributed by atoms with Crippen molar-refractivity contribution in [1.82, 2.24) is 9.80 Å². The van der Waals surface area contributed by atoms with E-state index in [1.54, 1.807) is 0 Å². The molecule has 356 valence electrons. The standard InChI is InChI=1S/C24H14F32N2O2/c1-5-3-58(10(60)14(35,36)18(43,44)22(51,52)24(55,56)20(47,48)16(39,40)12(31,32)8(27)28)6(2)4-57(5)9(59)13(33,34)17(41,42)21(49,50)23(53,54)19(45,46)15(37,38)11(29,30)7(25)26/h5-8H,3-4H2,1-2H3. The smallest absolute Gasteiger partial charge is 0.331 e. The minimum atomic E-state index is -9.04. The van der Waals surface area contributed by atoms with Crippen LogP contribution in [0.5, 0.6) is 0 Å². The lowest BCUT2D eigenvalue weighted by Gasteiger charge is -2.48. The fourth-order valence-electron chi connectivity index (χ4n) is 4.59. The van der Waals surface area contributed by atoms with Crippen molar-refractivity contribution in [3.8, 4) is 0 Å². The highest BCUT2D eigenvalue weighted by molar-refractivity contribution is 5.87. The molecular weight excluding hydrogens is 956 g/mol. The summed E-state index contributed by atoms with van der Waals surface area (Å²) in [6, 6.07) is -6.18. The van der Waals surface area contributed by atoms with Crippen LogP contribution < -0.4 is 0 Å². The third kappa shape index (κ3) is 6.76. The van der Waals surface area contributed by atoms with Crippen LogP contribution in [0.4, 0.5) is 140 Å². The second-order valence-corrected chi connectivity index (χ2v) is 12.4. The van der Waals surface area contributed by atoms with Crippen LogP contribution in [0.15, 0.2) is 0 Å². The first-order chi connectivity index (χ1) is 25.7. The zero-order valence-corrected chi connectivity index (χ0v) is 27.5. The Labute approximate surface area is 307 Å². The Morgan fingerprint density at radius 2 is 0.517 bits per heavy atom. The molecule has 0 spiro atoms. The quantitative estimate of drug-likeness (QED) is 0.145. The molecule has 36 heteroatoms. The molecule has 2 amide bonds. The van der Waals surface area contributed by atoms with Crippen LogP contribution in [0.25, 0.3) is 0 Å². The molecule has 0 bridgehead atoms. The second kappa shape index (κ2) is 14.6. The van der Waals surface area contributed by atoms with Gasteiger partial charge in [0.1, 0.15) is 0 Å². The van der Waals surface area contributed by atoms with Crippen molar-refractivity contribution in [1.29, 1.82) is 0 Å². The summed E-state index contributed by atoms with van der Waals surface area (Å²) in [5.41, 5.74) is 0. The Morgan fingerprint density at radius 1 is 0.350 bits per heavy atom. The number of carbonyl (C=O) groups is 2. The summed E-state index contributed by atoms with van der Waals surface area (Å²) in [6.07, 6.45) is -12.4. The first-order valence-corrected chi connectivity index (χ1v) is 14.2. The highest BCUT2D eigenvalue weighted by atomic mass is 19.4. The summed E-state index contributed by atoms with van der Waals surface area (Å²) in [5, 5.41) is 0. The number of alkyl halides is 32. The van der Waals surface area contributed by atoms with Gasteiger partial charge in [-0.05, 0) is 13.8 Å². The van der Waals surface area contributed by atoms with Gasteiger partial charge in [0.05, 0.1) is 0 Å². The third-order valence-corrected chi connectivity index (χ3v) is 8.37. The maximum absolute atomic E-state index is 14.6. The van der Waals surface area contributed by atoms with Crippen LogP contribution >= 0.6 is 0 Å². The van der Waals surface area contributed by atoms with Crippen LogP contribution in [0.3, 0.4) is 0 Å². The molecule has 1 heterocycles. The van der Waals surface area contributed by atoms with Gasteiger partial charge >= 0.3 is 95.8 Å². The van der Waals surface area contributed by atoms with Gasteiger partial charge in [-0.25, -0.2) is 17.6 Å². The topological polar surface area (TPSA) is 40.6 Å². The van der Waals surface area contributed by atoms with E-state index in [1.165, 1.54) is 0 Å². The van der Waals surface area contributed by atoms with Crippen molar-refractivity contribution in [3.63, 3.8) is 0 Å². The van der Waals surface area contributed by atoms with E-state index in [0.29, 0.717) is 0 Å². The number of carbonyl (C=O) groups excluding carboxylic acids is 2. The summed E-state index contributed by atoms with van der Waals surface area (Å²) >= 11 is 0. The molecule has 2 unspecified atom stereocenters. The van der Waals surface area contributed by atoms with Crippen molar-refractivity contribution >= 4 is 11.8 Å². The lowest BCUT2D eigenvalue weighted by atomic mass is 9.88. The zero-order valence-electron chi connectivity index (χ0n) is 27.5. The lowest BCUT2D eigenvalue weighted by Crippen LogP contribution is -2.76. The SMILES string of the molecule is CC1CN(C(=O)C(F)(F)C(F)(F)C(F)(F)C(F)(F)C(F)(F)C(F)(F)C(F)(F)C(F)F)C(C)CN1C(=O)C(F)(F)C(F)(F)C(F)(F)C(F)(F)C(F)(F)C(F)(F)C(F)(F)C(F)F. The number of hydrogen-bond acceptors (Lipinski definition) is 2. The summed E-state index contributed by atoms with van der Waals surface area (Å²) < 4.78 is 437. The monoisotopic (exact) mass is 970 g/mol. The van der Waals surface area contributed by atoms with Crippen LogP contribution in [0, 0.1) is 0 Å². The van der Waals surface area contributed by atoms with Crippen molar-refractivity contribution in [2.45, 2.75) is 122 Å². The molecule has 60 heavy (non-hydrogen) atoms.